The lowest BCUT2D eigenvalue weighted by Crippen LogP contribution is -2.42. The zero-order valence-corrected chi connectivity index (χ0v) is 19.9. The summed E-state index contributed by atoms with van der Waals surface area (Å²) >= 11 is 1.32. The van der Waals surface area contributed by atoms with Gasteiger partial charge in [0.25, 0.3) is 11.5 Å². The molecular weight excluding hydrogens is 433 g/mol. The Morgan fingerprint density at radius 1 is 1.24 bits per heavy atom. The van der Waals surface area contributed by atoms with Crippen LogP contribution in [0.5, 0.6) is 0 Å². The minimum absolute atomic E-state index is 0. The molecule has 10 heteroatoms. The maximum Gasteiger partial charge on any atom is 0.277 e. The SMILES string of the molecule is CNCC1CCCN(C(=O)c2sc(-c3c(C)c(C)nn(C)c3=O)nc2C)C1.Cl.Cl. The van der Waals surface area contributed by atoms with Crippen LogP contribution in [0.15, 0.2) is 4.79 Å². The quantitative estimate of drug-likeness (QED) is 0.756. The van der Waals surface area contributed by atoms with Crippen LogP contribution in [0.1, 0.15) is 39.5 Å². The summed E-state index contributed by atoms with van der Waals surface area (Å²) in [4.78, 5) is 32.8. The summed E-state index contributed by atoms with van der Waals surface area (Å²) < 4.78 is 1.34. The fourth-order valence-electron chi connectivity index (χ4n) is 3.65. The molecule has 0 bridgehead atoms. The Kier molecular flexibility index (Phi) is 9.27. The highest BCUT2D eigenvalue weighted by Crippen LogP contribution is 2.30. The first kappa shape index (κ1) is 25.6. The number of nitrogens with zero attached hydrogens (tertiary/aromatic N) is 4. The minimum atomic E-state index is -0.182. The fraction of sp³-hybridized carbons (Fsp3) is 0.579. The number of likely N-dealkylation sites (tertiary alicyclic amines) is 1. The predicted octanol–water partition coefficient (Wildman–Crippen LogP) is 2.74. The third-order valence-corrected chi connectivity index (χ3v) is 6.39. The number of halogens is 2. The largest absolute Gasteiger partial charge is 0.338 e. The summed E-state index contributed by atoms with van der Waals surface area (Å²) in [5, 5.41) is 8.03. The first-order valence-electron chi connectivity index (χ1n) is 9.29. The van der Waals surface area contributed by atoms with Gasteiger partial charge in [0.1, 0.15) is 9.88 Å². The third kappa shape index (κ3) is 5.17. The zero-order chi connectivity index (χ0) is 19.7. The third-order valence-electron chi connectivity index (χ3n) is 5.23. The van der Waals surface area contributed by atoms with Gasteiger partial charge in [-0.25, -0.2) is 9.67 Å². The number of hydrogen-bond donors (Lipinski definition) is 1. The van der Waals surface area contributed by atoms with Gasteiger partial charge in [-0.05, 0) is 58.7 Å². The lowest BCUT2D eigenvalue weighted by atomic mass is 9.98. The smallest absolute Gasteiger partial charge is 0.277 e. The molecule has 7 nitrogen and oxygen atoms in total. The van der Waals surface area contributed by atoms with E-state index in [1.807, 2.05) is 32.7 Å². The zero-order valence-electron chi connectivity index (χ0n) is 17.4. The predicted molar refractivity (Wildman–Crippen MR) is 122 cm³/mol. The molecule has 2 aromatic rings. The van der Waals surface area contributed by atoms with E-state index in [0.717, 1.165) is 43.7 Å². The number of thiazole rings is 1. The summed E-state index contributed by atoms with van der Waals surface area (Å²) in [6.07, 6.45) is 2.16. The summed E-state index contributed by atoms with van der Waals surface area (Å²) in [6, 6.07) is 0. The Bertz CT molecular complexity index is 926. The molecule has 1 atom stereocenters. The van der Waals surface area contributed by atoms with E-state index in [4.69, 9.17) is 0 Å². The number of aromatic nitrogens is 3. The molecular formula is C19H29Cl2N5O2S. The van der Waals surface area contributed by atoms with E-state index in [0.29, 0.717) is 27.1 Å². The molecule has 3 heterocycles. The van der Waals surface area contributed by atoms with Crippen LogP contribution in [0.4, 0.5) is 0 Å². The minimum Gasteiger partial charge on any atom is -0.338 e. The Morgan fingerprint density at radius 3 is 2.59 bits per heavy atom. The maximum atomic E-state index is 13.1. The van der Waals surface area contributed by atoms with Gasteiger partial charge >= 0.3 is 0 Å². The molecule has 162 valence electrons. The average molecular weight is 462 g/mol. The van der Waals surface area contributed by atoms with Crippen LogP contribution in [-0.2, 0) is 7.05 Å². The summed E-state index contributed by atoms with van der Waals surface area (Å²) in [7, 11) is 3.58. The van der Waals surface area contributed by atoms with Gasteiger partial charge in [0.15, 0.2) is 0 Å². The molecule has 1 aliphatic heterocycles. The van der Waals surface area contributed by atoms with E-state index in [-0.39, 0.29) is 36.3 Å². The molecule has 0 radical (unpaired) electrons. The van der Waals surface area contributed by atoms with E-state index in [1.165, 1.54) is 16.0 Å². The molecule has 1 aliphatic rings. The summed E-state index contributed by atoms with van der Waals surface area (Å²) in [5.41, 5.74) is 2.66. The summed E-state index contributed by atoms with van der Waals surface area (Å²) in [6.45, 7) is 8.06. The van der Waals surface area contributed by atoms with Gasteiger partial charge in [0.2, 0.25) is 0 Å². The fourth-order valence-corrected chi connectivity index (χ4v) is 4.78. The van der Waals surface area contributed by atoms with Gasteiger partial charge in [-0.15, -0.1) is 36.2 Å². The topological polar surface area (TPSA) is 80.1 Å². The molecule has 29 heavy (non-hydrogen) atoms. The first-order chi connectivity index (χ1) is 12.8. The number of carbonyl (C=O) groups is 1. The van der Waals surface area contributed by atoms with Crippen molar-refractivity contribution in [1.29, 1.82) is 0 Å². The van der Waals surface area contributed by atoms with Crippen molar-refractivity contribution in [1.82, 2.24) is 25.0 Å². The van der Waals surface area contributed by atoms with Gasteiger partial charge < -0.3 is 10.2 Å². The molecule has 1 amide bonds. The van der Waals surface area contributed by atoms with Crippen molar-refractivity contribution in [3.05, 3.63) is 32.2 Å². The number of aryl methyl sites for hydroxylation is 3. The van der Waals surface area contributed by atoms with Gasteiger partial charge in [-0.3, -0.25) is 9.59 Å². The van der Waals surface area contributed by atoms with Crippen LogP contribution in [0, 0.1) is 26.7 Å². The first-order valence-corrected chi connectivity index (χ1v) is 10.1. The van der Waals surface area contributed by atoms with Crippen LogP contribution in [0.25, 0.3) is 10.6 Å². The van der Waals surface area contributed by atoms with Crippen LogP contribution >= 0.6 is 36.2 Å². The van der Waals surface area contributed by atoms with Crippen LogP contribution in [0.2, 0.25) is 0 Å². The van der Waals surface area contributed by atoms with Crippen molar-refractivity contribution in [3.63, 3.8) is 0 Å². The molecule has 1 saturated heterocycles. The van der Waals surface area contributed by atoms with Crippen molar-refractivity contribution in [2.45, 2.75) is 33.6 Å². The number of hydrogen-bond acceptors (Lipinski definition) is 6. The molecule has 1 unspecified atom stereocenters. The van der Waals surface area contributed by atoms with Gasteiger partial charge in [-0.2, -0.15) is 5.10 Å². The highest BCUT2D eigenvalue weighted by molar-refractivity contribution is 7.17. The molecule has 0 aromatic carbocycles. The Morgan fingerprint density at radius 2 is 1.93 bits per heavy atom. The number of nitrogens with one attached hydrogen (secondary N) is 1. The van der Waals surface area contributed by atoms with Crippen LogP contribution in [0.3, 0.4) is 0 Å². The second-order valence-corrected chi connectivity index (χ2v) is 8.26. The number of piperidine rings is 1. The molecule has 0 aliphatic carbocycles. The van der Waals surface area contributed by atoms with Crippen LogP contribution in [-0.4, -0.2) is 52.3 Å². The van der Waals surface area contributed by atoms with Crippen molar-refractivity contribution < 1.29 is 4.79 Å². The Balaban J connectivity index is 0.00000210. The second-order valence-electron chi connectivity index (χ2n) is 7.26. The molecule has 2 aromatic heterocycles. The van der Waals surface area contributed by atoms with E-state index in [2.05, 4.69) is 15.4 Å². The molecule has 1 fully saturated rings. The van der Waals surface area contributed by atoms with E-state index in [1.54, 1.807) is 7.05 Å². The molecule has 0 spiro atoms. The number of rotatable bonds is 4. The van der Waals surface area contributed by atoms with E-state index in [9.17, 15) is 9.59 Å². The standard InChI is InChI=1S/C19H27N5O2S.2ClH/c1-11-12(2)22-23(5)18(25)15(11)17-21-13(3)16(27-17)19(26)24-8-6-7-14(10-24)9-20-4;;/h14,20H,6-10H2,1-5H3;2*1H. The van der Waals surface area contributed by atoms with Gasteiger partial charge in [0.05, 0.1) is 17.0 Å². The number of carbonyl (C=O) groups excluding carboxylic acids is 1. The van der Waals surface area contributed by atoms with Gasteiger partial charge in [0, 0.05) is 20.1 Å². The Hall–Kier alpha value is -1.48. The van der Waals surface area contributed by atoms with Crippen LogP contribution < -0.4 is 10.9 Å². The normalized spacial score (nSPS) is 16.2. The second kappa shape index (κ2) is 10.5. The highest BCUT2D eigenvalue weighted by Gasteiger charge is 2.28. The van der Waals surface area contributed by atoms with Crippen molar-refractivity contribution >= 4 is 42.1 Å². The lowest BCUT2D eigenvalue weighted by Gasteiger charge is -2.32. The van der Waals surface area contributed by atoms with E-state index < -0.39 is 0 Å². The highest BCUT2D eigenvalue weighted by atomic mass is 35.5. The van der Waals surface area contributed by atoms with Crippen molar-refractivity contribution in [3.8, 4) is 10.6 Å². The maximum absolute atomic E-state index is 13.1. The number of amides is 1. The average Bonchev–Trinajstić information content (AvgIpc) is 3.01. The monoisotopic (exact) mass is 461 g/mol. The van der Waals surface area contributed by atoms with Gasteiger partial charge in [-0.1, -0.05) is 0 Å². The summed E-state index contributed by atoms with van der Waals surface area (Å²) in [5.74, 6) is 0.509. The Labute approximate surface area is 187 Å². The van der Waals surface area contributed by atoms with Crippen molar-refractivity contribution in [2.75, 3.05) is 26.7 Å². The van der Waals surface area contributed by atoms with Crippen molar-refractivity contribution in [2.24, 2.45) is 13.0 Å². The molecule has 3 rings (SSSR count). The molecule has 1 N–H and O–H groups in total. The molecule has 0 saturated carbocycles. The van der Waals surface area contributed by atoms with E-state index >= 15 is 0 Å². The lowest BCUT2D eigenvalue weighted by molar-refractivity contribution is 0.0678.